The van der Waals surface area contributed by atoms with E-state index < -0.39 is 0 Å². The summed E-state index contributed by atoms with van der Waals surface area (Å²) in [6.07, 6.45) is 1.18. The Hall–Kier alpha value is -0.770. The van der Waals surface area contributed by atoms with Gasteiger partial charge in [-0.15, -0.1) is 24.0 Å². The molecule has 0 aliphatic carbocycles. The second kappa shape index (κ2) is 12.9. The second-order valence-corrected chi connectivity index (χ2v) is 8.57. The first kappa shape index (κ1) is 25.5. The smallest absolute Gasteiger partial charge is 0.191 e. The highest BCUT2D eigenvalue weighted by atomic mass is 127. The molecule has 6 nitrogen and oxygen atoms in total. The maximum atomic E-state index is 6.21. The molecular formula is C22H37ClIN5O. The third-order valence-corrected chi connectivity index (χ3v) is 6.12. The summed E-state index contributed by atoms with van der Waals surface area (Å²) in [5, 5.41) is 7.76. The molecule has 2 unspecified atom stereocenters. The van der Waals surface area contributed by atoms with Crippen LogP contribution in [0, 0.1) is 12.8 Å². The van der Waals surface area contributed by atoms with E-state index in [1.165, 1.54) is 17.7 Å². The normalized spacial score (nSPS) is 21.3. The van der Waals surface area contributed by atoms with E-state index in [0.717, 1.165) is 70.0 Å². The first-order valence-corrected chi connectivity index (χ1v) is 11.3. The summed E-state index contributed by atoms with van der Waals surface area (Å²) in [7, 11) is 0. The van der Waals surface area contributed by atoms with Gasteiger partial charge in [0.2, 0.25) is 0 Å². The Morgan fingerprint density at radius 2 is 2.03 bits per heavy atom. The number of ether oxygens (including phenoxy) is 1. The molecule has 2 saturated heterocycles. The van der Waals surface area contributed by atoms with Gasteiger partial charge in [0.25, 0.3) is 0 Å². The van der Waals surface area contributed by atoms with E-state index in [1.54, 1.807) is 0 Å². The molecule has 2 aliphatic rings. The first-order valence-electron chi connectivity index (χ1n) is 10.9. The Labute approximate surface area is 203 Å². The van der Waals surface area contributed by atoms with Crippen LogP contribution in [-0.2, 0) is 4.74 Å². The lowest BCUT2D eigenvalue weighted by Gasteiger charge is -2.31. The Bertz CT molecular complexity index is 683. The summed E-state index contributed by atoms with van der Waals surface area (Å²) < 4.78 is 5.45. The van der Waals surface area contributed by atoms with Crippen LogP contribution in [-0.4, -0.2) is 75.9 Å². The van der Waals surface area contributed by atoms with Gasteiger partial charge in [0.1, 0.15) is 0 Å². The summed E-state index contributed by atoms with van der Waals surface area (Å²) in [6.45, 7) is 14.9. The Balaban J connectivity index is 0.00000320. The summed E-state index contributed by atoms with van der Waals surface area (Å²) in [5.74, 6) is 1.53. The number of guanidine groups is 1. The zero-order valence-electron chi connectivity index (χ0n) is 18.5. The molecule has 0 bridgehead atoms. The molecule has 8 heteroatoms. The summed E-state index contributed by atoms with van der Waals surface area (Å²) >= 11 is 6.21. The highest BCUT2D eigenvalue weighted by Crippen LogP contribution is 2.29. The maximum absolute atomic E-state index is 6.21. The maximum Gasteiger partial charge on any atom is 0.191 e. The number of rotatable bonds is 7. The van der Waals surface area contributed by atoms with Gasteiger partial charge in [-0.25, -0.2) is 0 Å². The van der Waals surface area contributed by atoms with E-state index in [-0.39, 0.29) is 24.0 Å². The van der Waals surface area contributed by atoms with Crippen LogP contribution in [0.4, 0.5) is 5.69 Å². The van der Waals surface area contributed by atoms with Gasteiger partial charge < -0.3 is 20.3 Å². The number of hydrogen-bond acceptors (Lipinski definition) is 4. The fourth-order valence-electron chi connectivity index (χ4n) is 4.08. The largest absolute Gasteiger partial charge is 0.379 e. The lowest BCUT2D eigenvalue weighted by Crippen LogP contribution is -2.45. The van der Waals surface area contributed by atoms with Crippen molar-refractivity contribution < 1.29 is 4.74 Å². The number of morpholine rings is 1. The number of aliphatic imine (C=N–C) groups is 1. The number of halogens is 2. The van der Waals surface area contributed by atoms with Crippen LogP contribution >= 0.6 is 35.6 Å². The molecule has 0 saturated carbocycles. The molecule has 2 atom stereocenters. The highest BCUT2D eigenvalue weighted by molar-refractivity contribution is 14.0. The van der Waals surface area contributed by atoms with Gasteiger partial charge in [0.15, 0.2) is 5.96 Å². The van der Waals surface area contributed by atoms with Crippen molar-refractivity contribution >= 4 is 47.2 Å². The molecular weight excluding hydrogens is 513 g/mol. The third kappa shape index (κ3) is 7.43. The molecule has 2 fully saturated rings. The molecule has 2 aliphatic heterocycles. The van der Waals surface area contributed by atoms with Crippen LogP contribution in [0.25, 0.3) is 0 Å². The molecule has 2 N–H and O–H groups in total. The first-order chi connectivity index (χ1) is 14.1. The Morgan fingerprint density at radius 3 is 2.77 bits per heavy atom. The standard InChI is InChI=1S/C22H36ClN5O.HI/c1-4-24-22(25-14-18(3)27-9-11-29-12-10-27)26-15-19-7-8-28(16-19)21-13-20(23)6-5-17(21)2;/h5-6,13,18-19H,4,7-12,14-16H2,1-3H3,(H2,24,25,26);1H. The van der Waals surface area contributed by atoms with Crippen LogP contribution in [0.5, 0.6) is 0 Å². The van der Waals surface area contributed by atoms with E-state index in [9.17, 15) is 0 Å². The average molecular weight is 550 g/mol. The number of hydrogen-bond donors (Lipinski definition) is 2. The molecule has 1 aromatic rings. The quantitative estimate of drug-likeness (QED) is 0.310. The molecule has 0 radical (unpaired) electrons. The van der Waals surface area contributed by atoms with E-state index in [2.05, 4.69) is 53.3 Å². The van der Waals surface area contributed by atoms with Crippen molar-refractivity contribution in [3.05, 3.63) is 28.8 Å². The minimum Gasteiger partial charge on any atom is -0.379 e. The summed E-state index contributed by atoms with van der Waals surface area (Å²) in [5.41, 5.74) is 2.55. The fraction of sp³-hybridized carbons (Fsp3) is 0.682. The van der Waals surface area contributed by atoms with Crippen molar-refractivity contribution in [1.29, 1.82) is 0 Å². The molecule has 170 valence electrons. The minimum absolute atomic E-state index is 0. The van der Waals surface area contributed by atoms with E-state index in [4.69, 9.17) is 21.3 Å². The SMILES string of the molecule is CCNC(=NCC(C)N1CCOCC1)NCC1CCN(c2cc(Cl)ccc2C)C1.I. The van der Waals surface area contributed by atoms with Gasteiger partial charge in [-0.1, -0.05) is 17.7 Å². The lowest BCUT2D eigenvalue weighted by molar-refractivity contribution is 0.0220. The van der Waals surface area contributed by atoms with Crippen molar-refractivity contribution in [2.45, 2.75) is 33.2 Å². The van der Waals surface area contributed by atoms with Crippen LogP contribution in [0.3, 0.4) is 0 Å². The van der Waals surface area contributed by atoms with Crippen LogP contribution in [0.2, 0.25) is 5.02 Å². The van der Waals surface area contributed by atoms with Gasteiger partial charge >= 0.3 is 0 Å². The van der Waals surface area contributed by atoms with Gasteiger partial charge in [0.05, 0.1) is 19.8 Å². The van der Waals surface area contributed by atoms with Crippen LogP contribution in [0.1, 0.15) is 25.8 Å². The minimum atomic E-state index is 0. The van der Waals surface area contributed by atoms with Gasteiger partial charge in [-0.3, -0.25) is 9.89 Å². The monoisotopic (exact) mass is 549 g/mol. The topological polar surface area (TPSA) is 52.1 Å². The second-order valence-electron chi connectivity index (χ2n) is 8.13. The molecule has 1 aromatic carbocycles. The molecule has 0 spiro atoms. The number of nitrogens with zero attached hydrogens (tertiary/aromatic N) is 3. The molecule has 2 heterocycles. The van der Waals surface area contributed by atoms with Gasteiger partial charge in [0, 0.05) is 56.0 Å². The zero-order chi connectivity index (χ0) is 20.6. The Morgan fingerprint density at radius 1 is 1.27 bits per heavy atom. The predicted molar refractivity (Wildman–Crippen MR) is 138 cm³/mol. The average Bonchev–Trinajstić information content (AvgIpc) is 3.21. The van der Waals surface area contributed by atoms with E-state index in [0.29, 0.717) is 12.0 Å². The zero-order valence-corrected chi connectivity index (χ0v) is 21.6. The number of aryl methyl sites for hydroxylation is 1. The fourth-order valence-corrected chi connectivity index (χ4v) is 4.25. The molecule has 0 amide bonds. The van der Waals surface area contributed by atoms with Crippen molar-refractivity contribution in [2.75, 3.05) is 63.9 Å². The number of nitrogens with one attached hydrogen (secondary N) is 2. The third-order valence-electron chi connectivity index (χ3n) is 5.88. The van der Waals surface area contributed by atoms with E-state index >= 15 is 0 Å². The van der Waals surface area contributed by atoms with Crippen molar-refractivity contribution in [3.8, 4) is 0 Å². The van der Waals surface area contributed by atoms with Gasteiger partial charge in [-0.05, 0) is 50.8 Å². The van der Waals surface area contributed by atoms with Crippen molar-refractivity contribution in [1.82, 2.24) is 15.5 Å². The highest BCUT2D eigenvalue weighted by Gasteiger charge is 2.24. The van der Waals surface area contributed by atoms with Crippen molar-refractivity contribution in [2.24, 2.45) is 10.9 Å². The summed E-state index contributed by atoms with van der Waals surface area (Å²) in [4.78, 5) is 9.75. The van der Waals surface area contributed by atoms with Crippen LogP contribution in [0.15, 0.2) is 23.2 Å². The molecule has 3 rings (SSSR count). The molecule has 0 aromatic heterocycles. The number of benzene rings is 1. The lowest BCUT2D eigenvalue weighted by atomic mass is 10.1. The van der Waals surface area contributed by atoms with Crippen molar-refractivity contribution in [3.63, 3.8) is 0 Å². The Kier molecular flexibility index (Phi) is 11.0. The van der Waals surface area contributed by atoms with E-state index in [1.807, 2.05) is 6.07 Å². The van der Waals surface area contributed by atoms with Crippen LogP contribution < -0.4 is 15.5 Å². The summed E-state index contributed by atoms with van der Waals surface area (Å²) in [6, 6.07) is 6.59. The number of anilines is 1. The van der Waals surface area contributed by atoms with Gasteiger partial charge in [-0.2, -0.15) is 0 Å². The predicted octanol–water partition coefficient (Wildman–Crippen LogP) is 3.37. The molecule has 30 heavy (non-hydrogen) atoms.